The number of rotatable bonds is 7. The summed E-state index contributed by atoms with van der Waals surface area (Å²) in [5.41, 5.74) is 4.25. The molecule has 2 aliphatic rings. The highest BCUT2D eigenvalue weighted by atomic mass is 16.6. The maximum absolute atomic E-state index is 12.5. The van der Waals surface area contributed by atoms with Crippen molar-refractivity contribution in [3.8, 4) is 5.75 Å². The fourth-order valence-corrected chi connectivity index (χ4v) is 4.37. The van der Waals surface area contributed by atoms with Crippen LogP contribution in [0.4, 0.5) is 0 Å². The number of nitrogens with one attached hydrogen (secondary N) is 1. The Morgan fingerprint density at radius 2 is 1.97 bits per heavy atom. The number of fused-ring (bicyclic) bond motifs is 1. The lowest BCUT2D eigenvalue weighted by Crippen LogP contribution is -2.93. The quantitative estimate of drug-likeness (QED) is 0.287. The zero-order valence-electron chi connectivity index (χ0n) is 16.5. The molecule has 0 bridgehead atoms. The Morgan fingerprint density at radius 1 is 1.24 bits per heavy atom. The van der Waals surface area contributed by atoms with Gasteiger partial charge in [-0.1, -0.05) is 12.1 Å². The van der Waals surface area contributed by atoms with Crippen molar-refractivity contribution in [3.63, 3.8) is 0 Å². The first-order valence-electron chi connectivity index (χ1n) is 10.4. The highest BCUT2D eigenvalue weighted by molar-refractivity contribution is 6.61. The minimum absolute atomic E-state index is 0.0487. The molecule has 0 aromatic heterocycles. The van der Waals surface area contributed by atoms with Crippen LogP contribution in [0.15, 0.2) is 18.2 Å². The van der Waals surface area contributed by atoms with E-state index in [9.17, 15) is 24.7 Å². The molecule has 9 N–H and O–H groups in total. The van der Waals surface area contributed by atoms with Gasteiger partial charge in [0, 0.05) is 12.4 Å². The van der Waals surface area contributed by atoms with Crippen molar-refractivity contribution >= 4 is 18.6 Å². The van der Waals surface area contributed by atoms with E-state index in [1.54, 1.807) is 12.1 Å². The molecule has 1 aromatic carbocycles. The molecule has 0 saturated heterocycles. The smallest absolute Gasteiger partial charge is 0.452 e. The standard InChI is InChI=1S/C19H29BN3O6/c21-8-9-22-14-6-4-12(5-7-14)10-17(24)23-16-11-13-2-1-3-15(19(25)26)18(13)29-20(16,27)28/h1-3,12,14,16,22,27-28H,4-11,21H2,(H,23,24)(H,25,26)/q-1/p+2/t12?,14?,16-/m0/s1. The minimum Gasteiger partial charge on any atom is -0.668 e. The minimum atomic E-state index is -3.41. The van der Waals surface area contributed by atoms with Crippen LogP contribution in [0.1, 0.15) is 48.0 Å². The molecule has 1 aromatic rings. The van der Waals surface area contributed by atoms with Gasteiger partial charge in [0.2, 0.25) is 5.91 Å². The molecular weight excluding hydrogens is 377 g/mol. The zero-order valence-corrected chi connectivity index (χ0v) is 16.5. The van der Waals surface area contributed by atoms with Crippen molar-refractivity contribution in [2.75, 3.05) is 13.1 Å². The van der Waals surface area contributed by atoms with Gasteiger partial charge in [-0.25, -0.2) is 4.79 Å². The Balaban J connectivity index is 1.57. The van der Waals surface area contributed by atoms with Crippen molar-refractivity contribution in [1.82, 2.24) is 5.32 Å². The van der Waals surface area contributed by atoms with E-state index in [1.165, 1.54) is 6.07 Å². The average Bonchev–Trinajstić information content (AvgIpc) is 2.67. The third-order valence-corrected chi connectivity index (χ3v) is 6.00. The molecule has 1 aliphatic carbocycles. The number of hydrogen-bond acceptors (Lipinski definition) is 5. The Bertz CT molecular complexity index is 751. The number of carboxylic acids is 1. The van der Waals surface area contributed by atoms with Crippen LogP contribution in [0.25, 0.3) is 0 Å². The largest absolute Gasteiger partial charge is 0.668 e. The van der Waals surface area contributed by atoms with E-state index < -0.39 is 18.7 Å². The van der Waals surface area contributed by atoms with E-state index in [0.717, 1.165) is 38.8 Å². The maximum atomic E-state index is 12.5. The summed E-state index contributed by atoms with van der Waals surface area (Å²) >= 11 is 0. The van der Waals surface area contributed by atoms with Crippen LogP contribution in [0.3, 0.4) is 0 Å². The molecule has 9 nitrogen and oxygen atoms in total. The highest BCUT2D eigenvalue weighted by Gasteiger charge is 2.41. The molecule has 1 amide bonds. The summed E-state index contributed by atoms with van der Waals surface area (Å²) in [6.07, 6.45) is 4.54. The average molecular weight is 408 g/mol. The molecule has 0 radical (unpaired) electrons. The first kappa shape index (κ1) is 21.6. The van der Waals surface area contributed by atoms with Gasteiger partial charge in [-0.05, 0) is 49.7 Å². The molecule has 160 valence electrons. The number of aromatic carboxylic acids is 1. The van der Waals surface area contributed by atoms with Crippen LogP contribution in [0, 0.1) is 5.92 Å². The molecular formula is C19H31BN3O6+. The fourth-order valence-electron chi connectivity index (χ4n) is 4.37. The molecule has 1 saturated carbocycles. The van der Waals surface area contributed by atoms with Crippen LogP contribution in [0.5, 0.6) is 5.75 Å². The van der Waals surface area contributed by atoms with E-state index >= 15 is 0 Å². The summed E-state index contributed by atoms with van der Waals surface area (Å²) in [5, 5.41) is 35.0. The highest BCUT2D eigenvalue weighted by Crippen LogP contribution is 2.33. The third kappa shape index (κ3) is 5.27. The van der Waals surface area contributed by atoms with E-state index in [0.29, 0.717) is 18.0 Å². The predicted molar refractivity (Wildman–Crippen MR) is 105 cm³/mol. The number of para-hydroxylation sites is 1. The second-order valence-corrected chi connectivity index (χ2v) is 8.22. The van der Waals surface area contributed by atoms with E-state index in [2.05, 4.69) is 16.4 Å². The Morgan fingerprint density at radius 3 is 2.62 bits per heavy atom. The number of carboxylic acid groups (broad SMARTS) is 1. The second kappa shape index (κ2) is 9.12. The van der Waals surface area contributed by atoms with E-state index in [1.807, 2.05) is 0 Å². The molecule has 29 heavy (non-hydrogen) atoms. The number of quaternary nitrogens is 2. The van der Waals surface area contributed by atoms with Gasteiger partial charge >= 0.3 is 12.7 Å². The molecule has 10 heteroatoms. The monoisotopic (exact) mass is 408 g/mol. The van der Waals surface area contributed by atoms with Gasteiger partial charge < -0.3 is 36.2 Å². The fraction of sp³-hybridized carbons (Fsp3) is 0.579. The van der Waals surface area contributed by atoms with Gasteiger partial charge in [-0.15, -0.1) is 0 Å². The van der Waals surface area contributed by atoms with Gasteiger partial charge in [0.05, 0.1) is 17.4 Å². The lowest BCUT2D eigenvalue weighted by molar-refractivity contribution is -0.704. The number of amides is 1. The third-order valence-electron chi connectivity index (χ3n) is 6.00. The summed E-state index contributed by atoms with van der Waals surface area (Å²) in [5.74, 6) is -2.22. The van der Waals surface area contributed by atoms with Crippen molar-refractivity contribution in [3.05, 3.63) is 29.3 Å². The van der Waals surface area contributed by atoms with Crippen molar-refractivity contribution in [2.45, 2.75) is 50.5 Å². The SMILES string of the molecule is [NH3+]CC[NH2+]C1CCC(CC(=O)N[C@H]2Cc3cccc(C(=O)O)c3O[B-]2(O)O)CC1. The van der Waals surface area contributed by atoms with Gasteiger partial charge in [0.15, 0.2) is 0 Å². The maximum Gasteiger partial charge on any atom is 0.452 e. The number of hydrogen-bond donors (Lipinski definition) is 6. The van der Waals surface area contributed by atoms with Crippen molar-refractivity contribution < 1.29 is 40.4 Å². The Hall–Kier alpha value is -2.14. The number of carbonyl (C=O) groups excluding carboxylic acids is 1. The summed E-state index contributed by atoms with van der Waals surface area (Å²) in [6, 6.07) is 5.18. The summed E-state index contributed by atoms with van der Waals surface area (Å²) < 4.78 is 5.24. The zero-order chi connectivity index (χ0) is 21.0. The van der Waals surface area contributed by atoms with Gasteiger partial charge in [0.1, 0.15) is 13.1 Å². The Kier molecular flexibility index (Phi) is 6.79. The molecule has 0 unspecified atom stereocenters. The first-order chi connectivity index (χ1) is 13.8. The summed E-state index contributed by atoms with van der Waals surface area (Å²) in [7, 11) is 0. The lowest BCUT2D eigenvalue weighted by Gasteiger charge is -2.44. The lowest BCUT2D eigenvalue weighted by atomic mass is 9.64. The number of carbonyl (C=O) groups is 2. The van der Waals surface area contributed by atoms with Crippen LogP contribution in [-0.2, 0) is 11.2 Å². The molecule has 1 fully saturated rings. The predicted octanol–water partition coefficient (Wildman–Crippen LogP) is -1.98. The molecule has 1 heterocycles. The second-order valence-electron chi connectivity index (χ2n) is 8.22. The molecule has 3 rings (SSSR count). The first-order valence-corrected chi connectivity index (χ1v) is 10.4. The van der Waals surface area contributed by atoms with Crippen molar-refractivity contribution in [2.24, 2.45) is 5.92 Å². The number of nitrogens with two attached hydrogens (primary N) is 1. The molecule has 1 aliphatic heterocycles. The number of benzene rings is 1. The molecule has 1 atom stereocenters. The van der Waals surface area contributed by atoms with Gasteiger partial charge in [-0.2, -0.15) is 0 Å². The van der Waals surface area contributed by atoms with Crippen molar-refractivity contribution in [1.29, 1.82) is 0 Å². The van der Waals surface area contributed by atoms with Crippen LogP contribution in [0.2, 0.25) is 0 Å². The van der Waals surface area contributed by atoms with Crippen LogP contribution < -0.4 is 21.0 Å². The van der Waals surface area contributed by atoms with Crippen LogP contribution in [-0.4, -0.2) is 58.9 Å². The normalized spacial score (nSPS) is 25.6. The summed E-state index contributed by atoms with van der Waals surface area (Å²) in [6.45, 7) is -1.47. The van der Waals surface area contributed by atoms with E-state index in [4.69, 9.17) is 4.65 Å². The van der Waals surface area contributed by atoms with E-state index in [-0.39, 0.29) is 29.6 Å². The Labute approximate surface area is 169 Å². The van der Waals surface area contributed by atoms with Gasteiger partial charge in [0.25, 0.3) is 0 Å². The summed E-state index contributed by atoms with van der Waals surface area (Å²) in [4.78, 5) is 23.9. The van der Waals surface area contributed by atoms with Crippen LogP contribution >= 0.6 is 0 Å². The molecule has 0 spiro atoms. The van der Waals surface area contributed by atoms with Gasteiger partial charge in [-0.3, -0.25) is 4.79 Å². The topological polar surface area (TPSA) is 160 Å².